The maximum Gasteiger partial charge on any atom is 0.304 e. The van der Waals surface area contributed by atoms with Gasteiger partial charge in [0.05, 0.1) is 16.4 Å². The molecule has 19 heavy (non-hydrogen) atoms. The number of carbonyl (C=O) groups excluding carboxylic acids is 1. The molecule has 0 aliphatic heterocycles. The van der Waals surface area contributed by atoms with Crippen molar-refractivity contribution in [3.05, 3.63) is 21.1 Å². The zero-order valence-corrected chi connectivity index (χ0v) is 11.5. The minimum absolute atomic E-state index is 0.0319. The van der Waals surface area contributed by atoms with Crippen LogP contribution in [-0.4, -0.2) is 35.0 Å². The third kappa shape index (κ3) is 2.76. The van der Waals surface area contributed by atoms with Crippen LogP contribution in [-0.2, 0) is 0 Å². The molecule has 0 amide bonds. The normalized spacial score (nSPS) is 15.1. The van der Waals surface area contributed by atoms with Crippen molar-refractivity contribution in [1.29, 1.82) is 0 Å². The highest BCUT2D eigenvalue weighted by Crippen LogP contribution is 2.41. The highest BCUT2D eigenvalue weighted by Gasteiger charge is 2.32. The van der Waals surface area contributed by atoms with Crippen LogP contribution in [0.1, 0.15) is 35.9 Å². The lowest BCUT2D eigenvalue weighted by Gasteiger charge is -2.37. The summed E-state index contributed by atoms with van der Waals surface area (Å²) in [6.07, 6.45) is 3.06. The molecule has 2 rings (SSSR count). The summed E-state index contributed by atoms with van der Waals surface area (Å²) in [6.45, 7) is 1.71. The molecule has 6 nitrogen and oxygen atoms in total. The highest BCUT2D eigenvalue weighted by molar-refractivity contribution is 7.18. The first-order valence-electron chi connectivity index (χ1n) is 6.21. The van der Waals surface area contributed by atoms with E-state index in [9.17, 15) is 14.9 Å². The fourth-order valence-corrected chi connectivity index (χ4v) is 3.26. The number of hydrogen-bond acceptors (Lipinski definition) is 6. The van der Waals surface area contributed by atoms with Crippen LogP contribution < -0.4 is 4.90 Å². The minimum Gasteiger partial charge on any atom is -0.395 e. The number of aliphatic hydroxyl groups excluding tert-OH is 1. The molecular formula is C12H16N2O4S. The van der Waals surface area contributed by atoms with Gasteiger partial charge in [-0.25, -0.2) is 0 Å². The summed E-state index contributed by atoms with van der Waals surface area (Å²) < 4.78 is 0. The lowest BCUT2D eigenvalue weighted by atomic mass is 9.91. The van der Waals surface area contributed by atoms with Crippen LogP contribution in [0.15, 0.2) is 6.07 Å². The Morgan fingerprint density at radius 1 is 1.63 bits per heavy atom. The lowest BCUT2D eigenvalue weighted by molar-refractivity contribution is -0.383. The van der Waals surface area contributed by atoms with Gasteiger partial charge in [-0.15, -0.1) is 11.3 Å². The molecule has 1 aliphatic rings. The maximum absolute atomic E-state index is 11.4. The second-order valence-electron chi connectivity index (χ2n) is 4.62. The standard InChI is InChI=1S/C12H16N2O4S/c1-8(16)11-7-10(14(17)18)12(19-11)13(5-6-15)9-3-2-4-9/h7,9,15H,2-6H2,1H3. The van der Waals surface area contributed by atoms with Crippen molar-refractivity contribution in [2.45, 2.75) is 32.2 Å². The number of thiophene rings is 1. The van der Waals surface area contributed by atoms with Gasteiger partial charge in [-0.1, -0.05) is 0 Å². The van der Waals surface area contributed by atoms with Crippen LogP contribution in [0.2, 0.25) is 0 Å². The molecule has 0 spiro atoms. The van der Waals surface area contributed by atoms with E-state index in [1.165, 1.54) is 13.0 Å². The Balaban J connectivity index is 2.38. The Hall–Kier alpha value is -1.47. The molecule has 1 aromatic rings. The molecule has 1 aliphatic carbocycles. The molecule has 104 valence electrons. The Kier molecular flexibility index (Phi) is 4.16. The summed E-state index contributed by atoms with van der Waals surface area (Å²) in [5.74, 6) is -0.170. The first-order valence-corrected chi connectivity index (χ1v) is 7.03. The smallest absolute Gasteiger partial charge is 0.304 e. The van der Waals surface area contributed by atoms with Crippen LogP contribution >= 0.6 is 11.3 Å². The van der Waals surface area contributed by atoms with Crippen LogP contribution in [0.5, 0.6) is 0 Å². The van der Waals surface area contributed by atoms with Crippen molar-refractivity contribution in [3.8, 4) is 0 Å². The number of anilines is 1. The minimum atomic E-state index is -0.457. The second kappa shape index (κ2) is 5.66. The molecule has 1 heterocycles. The summed E-state index contributed by atoms with van der Waals surface area (Å²) in [5, 5.41) is 20.7. The Morgan fingerprint density at radius 3 is 2.74 bits per heavy atom. The Labute approximate surface area is 114 Å². The van der Waals surface area contributed by atoms with Crippen molar-refractivity contribution >= 4 is 27.8 Å². The molecule has 1 fully saturated rings. The van der Waals surface area contributed by atoms with Crippen molar-refractivity contribution in [2.75, 3.05) is 18.1 Å². The van der Waals surface area contributed by atoms with Gasteiger partial charge in [0.25, 0.3) is 0 Å². The molecule has 0 bridgehead atoms. The summed E-state index contributed by atoms with van der Waals surface area (Å²) >= 11 is 1.15. The first kappa shape index (κ1) is 14.0. The molecule has 0 aromatic carbocycles. The van der Waals surface area contributed by atoms with Gasteiger partial charge in [0.15, 0.2) is 10.8 Å². The largest absolute Gasteiger partial charge is 0.395 e. The number of rotatable bonds is 6. The number of ketones is 1. The monoisotopic (exact) mass is 284 g/mol. The molecule has 1 aromatic heterocycles. The summed E-state index contributed by atoms with van der Waals surface area (Å²) in [5.41, 5.74) is -0.0319. The predicted octanol–water partition coefficient (Wildman–Crippen LogP) is 2.21. The van der Waals surface area contributed by atoms with E-state index in [1.807, 2.05) is 4.90 Å². The van der Waals surface area contributed by atoms with Gasteiger partial charge in [-0.05, 0) is 26.2 Å². The molecule has 7 heteroatoms. The highest BCUT2D eigenvalue weighted by atomic mass is 32.1. The van der Waals surface area contributed by atoms with Gasteiger partial charge in [0.2, 0.25) is 0 Å². The second-order valence-corrected chi connectivity index (χ2v) is 5.65. The molecule has 0 radical (unpaired) electrons. The third-order valence-electron chi connectivity index (χ3n) is 3.35. The van der Waals surface area contributed by atoms with E-state index in [2.05, 4.69) is 0 Å². The summed E-state index contributed by atoms with van der Waals surface area (Å²) in [7, 11) is 0. The molecule has 1 saturated carbocycles. The quantitative estimate of drug-likeness (QED) is 0.492. The lowest BCUT2D eigenvalue weighted by Crippen LogP contribution is -2.41. The zero-order chi connectivity index (χ0) is 14.0. The van der Waals surface area contributed by atoms with Crippen molar-refractivity contribution in [2.24, 2.45) is 0 Å². The predicted molar refractivity (Wildman–Crippen MR) is 73.0 cm³/mol. The average Bonchev–Trinajstić information content (AvgIpc) is 2.70. The topological polar surface area (TPSA) is 83.7 Å². The van der Waals surface area contributed by atoms with Crippen molar-refractivity contribution in [1.82, 2.24) is 0 Å². The number of hydrogen-bond donors (Lipinski definition) is 1. The van der Waals surface area contributed by atoms with E-state index < -0.39 is 4.92 Å². The van der Waals surface area contributed by atoms with Gasteiger partial charge >= 0.3 is 5.69 Å². The van der Waals surface area contributed by atoms with Gasteiger partial charge in [-0.2, -0.15) is 0 Å². The fraction of sp³-hybridized carbons (Fsp3) is 0.583. The van der Waals surface area contributed by atoms with E-state index in [-0.39, 0.29) is 24.1 Å². The van der Waals surface area contributed by atoms with Crippen molar-refractivity contribution in [3.63, 3.8) is 0 Å². The Bertz CT molecular complexity index is 496. The van der Waals surface area contributed by atoms with E-state index in [4.69, 9.17) is 5.11 Å². The number of nitro groups is 1. The van der Waals surface area contributed by atoms with Crippen LogP contribution in [0, 0.1) is 10.1 Å². The van der Waals surface area contributed by atoms with Gasteiger partial charge in [0, 0.05) is 18.7 Å². The maximum atomic E-state index is 11.4. The summed E-state index contributed by atoms with van der Waals surface area (Å²) in [6, 6.07) is 1.58. The number of Topliss-reactive ketones (excluding diaryl/α,β-unsaturated/α-hetero) is 1. The Morgan fingerprint density at radius 2 is 2.32 bits per heavy atom. The van der Waals surface area contributed by atoms with E-state index >= 15 is 0 Å². The summed E-state index contributed by atoms with van der Waals surface area (Å²) in [4.78, 5) is 24.3. The first-order chi connectivity index (χ1) is 9.04. The molecule has 0 unspecified atom stereocenters. The van der Waals surface area contributed by atoms with Crippen LogP contribution in [0.25, 0.3) is 0 Å². The van der Waals surface area contributed by atoms with Crippen LogP contribution in [0.4, 0.5) is 10.7 Å². The van der Waals surface area contributed by atoms with E-state index in [1.54, 1.807) is 0 Å². The van der Waals surface area contributed by atoms with Crippen LogP contribution in [0.3, 0.4) is 0 Å². The molecule has 0 saturated heterocycles. The number of aliphatic hydroxyl groups is 1. The van der Waals surface area contributed by atoms with E-state index in [0.717, 1.165) is 30.6 Å². The van der Waals surface area contributed by atoms with Crippen molar-refractivity contribution < 1.29 is 14.8 Å². The fourth-order valence-electron chi connectivity index (χ4n) is 2.14. The van der Waals surface area contributed by atoms with Gasteiger partial charge in [-0.3, -0.25) is 14.9 Å². The number of nitrogens with zero attached hydrogens (tertiary/aromatic N) is 2. The van der Waals surface area contributed by atoms with E-state index in [0.29, 0.717) is 16.4 Å². The average molecular weight is 284 g/mol. The molecular weight excluding hydrogens is 268 g/mol. The zero-order valence-electron chi connectivity index (χ0n) is 10.7. The SMILES string of the molecule is CC(=O)c1cc([N+](=O)[O-])c(N(CCO)C2CCC2)s1. The molecule has 0 atom stereocenters. The molecule has 1 N–H and O–H groups in total. The van der Waals surface area contributed by atoms with Gasteiger partial charge < -0.3 is 10.0 Å². The third-order valence-corrected chi connectivity index (χ3v) is 4.62. The van der Waals surface area contributed by atoms with Gasteiger partial charge in [0.1, 0.15) is 0 Å². The number of carbonyl (C=O) groups is 1.